The van der Waals surface area contributed by atoms with E-state index in [-0.39, 0.29) is 17.9 Å². The van der Waals surface area contributed by atoms with E-state index in [2.05, 4.69) is 10.3 Å². The van der Waals surface area contributed by atoms with Crippen LogP contribution in [0.1, 0.15) is 30.5 Å². The van der Waals surface area contributed by atoms with Gasteiger partial charge in [-0.15, -0.1) is 0 Å². The Bertz CT molecular complexity index is 557. The fraction of sp³-hybridized carbons (Fsp3) is 0.583. The molecule has 0 aromatic carbocycles. The molecule has 9 nitrogen and oxygen atoms in total. The Morgan fingerprint density at radius 2 is 2.05 bits per heavy atom. The third-order valence-corrected chi connectivity index (χ3v) is 3.41. The van der Waals surface area contributed by atoms with Crippen molar-refractivity contribution in [1.82, 2.24) is 14.9 Å². The molecule has 1 aliphatic rings. The van der Waals surface area contributed by atoms with Crippen LogP contribution >= 0.6 is 0 Å². The number of hydrogen-bond donors (Lipinski definition) is 5. The van der Waals surface area contributed by atoms with Gasteiger partial charge in [0, 0.05) is 13.1 Å². The number of aliphatic hydroxyl groups excluding tert-OH is 3. The molecule has 0 spiro atoms. The van der Waals surface area contributed by atoms with Gasteiger partial charge in [-0.1, -0.05) is 0 Å². The van der Waals surface area contributed by atoms with E-state index in [0.717, 1.165) is 0 Å². The fourth-order valence-electron chi connectivity index (χ4n) is 2.50. The Morgan fingerprint density at radius 1 is 1.38 bits per heavy atom. The largest absolute Gasteiger partial charge is 0.481 e. The maximum atomic E-state index is 11.2. The van der Waals surface area contributed by atoms with Gasteiger partial charge in [-0.05, 0) is 0 Å². The lowest BCUT2D eigenvalue weighted by Gasteiger charge is -2.37. The van der Waals surface area contributed by atoms with Crippen LogP contribution in [0.4, 0.5) is 0 Å². The van der Waals surface area contributed by atoms with Gasteiger partial charge in [0.15, 0.2) is 0 Å². The SMILES string of the molecule is CC(=O)N[C@H]1c2nc(CC(=O)O)cn2[C@H](CO)[C@@H](O)[C@H]1O. The average Bonchev–Trinajstić information content (AvgIpc) is 2.77. The molecule has 0 bridgehead atoms. The summed E-state index contributed by atoms with van der Waals surface area (Å²) < 4.78 is 1.40. The number of carbonyl (C=O) groups excluding carboxylic acids is 1. The summed E-state index contributed by atoms with van der Waals surface area (Å²) in [5.74, 6) is -1.30. The molecule has 2 heterocycles. The standard InChI is InChI=1S/C12H17N3O6/c1-5(17)13-9-11(21)10(20)7(4-16)15-3-6(2-8(18)19)14-12(9)15/h3,7,9-11,16,20-21H,2,4H2,1H3,(H,13,17)(H,18,19)/t7-,9-,10-,11+/m1/s1. The van der Waals surface area contributed by atoms with E-state index in [0.29, 0.717) is 0 Å². The molecule has 0 unspecified atom stereocenters. The number of rotatable bonds is 4. The molecular weight excluding hydrogens is 282 g/mol. The molecular formula is C12H17N3O6. The number of carboxylic acids is 1. The van der Waals surface area contributed by atoms with Crippen molar-refractivity contribution in [2.45, 2.75) is 37.6 Å². The van der Waals surface area contributed by atoms with E-state index < -0.39 is 42.8 Å². The van der Waals surface area contributed by atoms with E-state index in [4.69, 9.17) is 5.11 Å². The topological polar surface area (TPSA) is 145 Å². The number of nitrogens with zero attached hydrogens (tertiary/aromatic N) is 2. The lowest BCUT2D eigenvalue weighted by molar-refractivity contribution is -0.136. The van der Waals surface area contributed by atoms with Gasteiger partial charge in [-0.2, -0.15) is 0 Å². The second-order valence-electron chi connectivity index (χ2n) is 4.98. The number of carbonyl (C=O) groups is 2. The number of amides is 1. The number of nitrogens with one attached hydrogen (secondary N) is 1. The van der Waals surface area contributed by atoms with Crippen molar-refractivity contribution in [3.05, 3.63) is 17.7 Å². The predicted octanol–water partition coefficient (Wildman–Crippen LogP) is -2.04. The first-order chi connectivity index (χ1) is 9.85. The van der Waals surface area contributed by atoms with Crippen LogP contribution in [0.15, 0.2) is 6.20 Å². The minimum atomic E-state index is -1.35. The van der Waals surface area contributed by atoms with Crippen LogP contribution in [0.5, 0.6) is 0 Å². The zero-order valence-electron chi connectivity index (χ0n) is 11.3. The molecule has 0 saturated carbocycles. The minimum absolute atomic E-state index is 0.207. The summed E-state index contributed by atoms with van der Waals surface area (Å²) in [5.41, 5.74) is 0.215. The first-order valence-corrected chi connectivity index (χ1v) is 6.38. The smallest absolute Gasteiger partial charge is 0.309 e. The lowest BCUT2D eigenvalue weighted by Crippen LogP contribution is -2.51. The van der Waals surface area contributed by atoms with Crippen molar-refractivity contribution < 1.29 is 30.0 Å². The molecule has 116 valence electrons. The van der Waals surface area contributed by atoms with Gasteiger partial charge >= 0.3 is 5.97 Å². The Morgan fingerprint density at radius 3 is 2.57 bits per heavy atom. The molecule has 1 aromatic rings. The molecule has 21 heavy (non-hydrogen) atoms. The average molecular weight is 299 g/mol. The summed E-state index contributed by atoms with van der Waals surface area (Å²) in [6, 6.07) is -1.82. The van der Waals surface area contributed by atoms with E-state index in [9.17, 15) is 24.9 Å². The number of hydrogen-bond acceptors (Lipinski definition) is 6. The Balaban J connectivity index is 2.45. The third kappa shape index (κ3) is 2.89. The summed E-state index contributed by atoms with van der Waals surface area (Å²) in [6.07, 6.45) is -1.60. The number of carboxylic acid groups (broad SMARTS) is 1. The van der Waals surface area contributed by atoms with E-state index in [1.165, 1.54) is 17.7 Å². The summed E-state index contributed by atoms with van der Waals surface area (Å²) in [6.45, 7) is 0.795. The van der Waals surface area contributed by atoms with Crippen LogP contribution in [-0.4, -0.2) is 60.7 Å². The maximum absolute atomic E-state index is 11.2. The second-order valence-corrected chi connectivity index (χ2v) is 4.98. The number of aromatic nitrogens is 2. The van der Waals surface area contributed by atoms with Gasteiger partial charge in [0.05, 0.1) is 24.8 Å². The fourth-order valence-corrected chi connectivity index (χ4v) is 2.50. The predicted molar refractivity (Wildman–Crippen MR) is 68.3 cm³/mol. The number of imidazole rings is 1. The van der Waals surface area contributed by atoms with E-state index in [1.807, 2.05) is 0 Å². The van der Waals surface area contributed by atoms with Crippen molar-refractivity contribution in [3.8, 4) is 0 Å². The molecule has 1 aromatic heterocycles. The van der Waals surface area contributed by atoms with Crippen molar-refractivity contribution in [3.63, 3.8) is 0 Å². The van der Waals surface area contributed by atoms with Crippen molar-refractivity contribution in [2.24, 2.45) is 0 Å². The third-order valence-electron chi connectivity index (χ3n) is 3.41. The van der Waals surface area contributed by atoms with E-state index >= 15 is 0 Å². The zero-order valence-corrected chi connectivity index (χ0v) is 11.3. The highest BCUT2D eigenvalue weighted by atomic mass is 16.4. The van der Waals surface area contributed by atoms with Crippen LogP contribution in [-0.2, 0) is 16.0 Å². The molecule has 2 rings (SSSR count). The monoisotopic (exact) mass is 299 g/mol. The molecule has 1 amide bonds. The van der Waals surface area contributed by atoms with Crippen molar-refractivity contribution in [1.29, 1.82) is 0 Å². The van der Waals surface area contributed by atoms with Gasteiger partial charge in [0.2, 0.25) is 5.91 Å². The Hall–Kier alpha value is -1.97. The van der Waals surface area contributed by atoms with Gasteiger partial charge in [0.1, 0.15) is 24.1 Å². The highest BCUT2D eigenvalue weighted by Crippen LogP contribution is 2.32. The van der Waals surface area contributed by atoms with E-state index in [1.54, 1.807) is 0 Å². The summed E-state index contributed by atoms with van der Waals surface area (Å²) in [5, 5.41) is 40.7. The Kier molecular flexibility index (Phi) is 4.26. The minimum Gasteiger partial charge on any atom is -0.481 e. The normalized spacial score (nSPS) is 28.0. The first kappa shape index (κ1) is 15.4. The first-order valence-electron chi connectivity index (χ1n) is 6.38. The summed E-state index contributed by atoms with van der Waals surface area (Å²) >= 11 is 0. The van der Waals surface area contributed by atoms with Crippen molar-refractivity contribution in [2.75, 3.05) is 6.61 Å². The molecule has 1 aliphatic heterocycles. The quantitative estimate of drug-likeness (QED) is 0.430. The van der Waals surface area contributed by atoms with Crippen LogP contribution < -0.4 is 5.32 Å². The zero-order chi connectivity index (χ0) is 15.7. The molecule has 0 aliphatic carbocycles. The molecule has 5 N–H and O–H groups in total. The highest BCUT2D eigenvalue weighted by molar-refractivity contribution is 5.73. The van der Waals surface area contributed by atoms with Crippen LogP contribution in [0, 0.1) is 0 Å². The van der Waals surface area contributed by atoms with Crippen LogP contribution in [0.3, 0.4) is 0 Å². The Labute approximate surface area is 119 Å². The van der Waals surface area contributed by atoms with Gasteiger partial charge in [-0.25, -0.2) is 4.98 Å². The summed E-state index contributed by atoms with van der Waals surface area (Å²) in [7, 11) is 0. The molecule has 9 heteroatoms. The summed E-state index contributed by atoms with van der Waals surface area (Å²) in [4.78, 5) is 26.1. The number of aliphatic carboxylic acids is 1. The lowest BCUT2D eigenvalue weighted by atomic mass is 9.94. The molecule has 4 atom stereocenters. The van der Waals surface area contributed by atoms with Gasteiger partial charge < -0.3 is 30.3 Å². The molecule has 0 fully saturated rings. The number of aliphatic hydroxyl groups is 3. The number of fused-ring (bicyclic) bond motifs is 1. The van der Waals surface area contributed by atoms with Crippen molar-refractivity contribution >= 4 is 11.9 Å². The van der Waals surface area contributed by atoms with Crippen LogP contribution in [0.2, 0.25) is 0 Å². The van der Waals surface area contributed by atoms with Gasteiger partial charge in [-0.3, -0.25) is 9.59 Å². The highest BCUT2D eigenvalue weighted by Gasteiger charge is 2.42. The molecule has 0 radical (unpaired) electrons. The maximum Gasteiger partial charge on any atom is 0.309 e. The van der Waals surface area contributed by atoms with Gasteiger partial charge in [0.25, 0.3) is 0 Å². The van der Waals surface area contributed by atoms with Crippen LogP contribution in [0.25, 0.3) is 0 Å². The second kappa shape index (κ2) is 5.80. The molecule has 0 saturated heterocycles.